The number of nitrogens with one attached hydrogen (secondary N) is 1. The second kappa shape index (κ2) is 7.07. The normalized spacial score (nSPS) is 17.8. The number of anilines is 1. The van der Waals surface area contributed by atoms with Crippen LogP contribution in [0.5, 0.6) is 0 Å². The van der Waals surface area contributed by atoms with Crippen LogP contribution in [0.1, 0.15) is 51.6 Å². The molecule has 0 atom stereocenters. The maximum absolute atomic E-state index is 5.65. The van der Waals surface area contributed by atoms with Crippen LogP contribution >= 0.6 is 0 Å². The van der Waals surface area contributed by atoms with Crippen LogP contribution in [0.25, 0.3) is 0 Å². The number of nitrogens with two attached hydrogens (primary N) is 1. The van der Waals surface area contributed by atoms with Gasteiger partial charge in [-0.15, -0.1) is 0 Å². The largest absolute Gasteiger partial charge is 0.397 e. The van der Waals surface area contributed by atoms with Crippen LogP contribution in [0, 0.1) is 11.3 Å². The molecule has 0 radical (unpaired) electrons. The molecule has 1 aliphatic carbocycles. The van der Waals surface area contributed by atoms with Gasteiger partial charge in [0, 0.05) is 25.2 Å². The minimum atomic E-state index is 0.558. The van der Waals surface area contributed by atoms with Crippen LogP contribution in [-0.4, -0.2) is 18.1 Å². The molecular weight excluding hydrogens is 246 g/mol. The Labute approximate surface area is 123 Å². The van der Waals surface area contributed by atoms with Gasteiger partial charge >= 0.3 is 0 Å². The van der Waals surface area contributed by atoms with Crippen molar-refractivity contribution in [2.75, 3.05) is 18.8 Å². The zero-order valence-electron chi connectivity index (χ0n) is 13.0. The third kappa shape index (κ3) is 4.48. The Kier molecular flexibility index (Phi) is 5.41. The van der Waals surface area contributed by atoms with Crippen LogP contribution in [-0.2, 0) is 6.42 Å². The zero-order valence-corrected chi connectivity index (χ0v) is 13.0. The van der Waals surface area contributed by atoms with Crippen molar-refractivity contribution in [3.63, 3.8) is 0 Å². The van der Waals surface area contributed by atoms with E-state index >= 15 is 0 Å². The lowest BCUT2D eigenvalue weighted by atomic mass is 9.78. The first-order valence-electron chi connectivity index (χ1n) is 8.01. The summed E-state index contributed by atoms with van der Waals surface area (Å²) in [5, 5.41) is 3.67. The predicted molar refractivity (Wildman–Crippen MR) is 85.6 cm³/mol. The number of nitrogen functional groups attached to an aromatic ring is 1. The second-order valence-corrected chi connectivity index (χ2v) is 6.81. The lowest BCUT2D eigenvalue weighted by Gasteiger charge is -2.31. The van der Waals surface area contributed by atoms with Crippen LogP contribution in [0.4, 0.5) is 5.69 Å². The fourth-order valence-corrected chi connectivity index (χ4v) is 3.60. The van der Waals surface area contributed by atoms with Crippen LogP contribution in [0.3, 0.4) is 0 Å². The number of nitrogens with zero attached hydrogens (tertiary/aromatic N) is 1. The molecule has 3 heteroatoms. The van der Waals surface area contributed by atoms with Crippen molar-refractivity contribution in [2.45, 2.75) is 52.4 Å². The van der Waals surface area contributed by atoms with E-state index in [2.05, 4.69) is 24.1 Å². The molecule has 3 N–H and O–H groups in total. The van der Waals surface area contributed by atoms with Gasteiger partial charge in [-0.05, 0) is 42.7 Å². The van der Waals surface area contributed by atoms with E-state index in [1.54, 1.807) is 6.20 Å². The van der Waals surface area contributed by atoms with Crippen LogP contribution < -0.4 is 11.1 Å². The summed E-state index contributed by atoms with van der Waals surface area (Å²) in [6.45, 7) is 6.87. The highest BCUT2D eigenvalue weighted by molar-refractivity contribution is 5.34. The van der Waals surface area contributed by atoms with Crippen molar-refractivity contribution in [1.82, 2.24) is 10.3 Å². The summed E-state index contributed by atoms with van der Waals surface area (Å²) in [6, 6.07) is 3.95. The first kappa shape index (κ1) is 15.3. The lowest BCUT2D eigenvalue weighted by Crippen LogP contribution is -2.34. The lowest BCUT2D eigenvalue weighted by molar-refractivity contribution is 0.225. The topological polar surface area (TPSA) is 50.9 Å². The van der Waals surface area contributed by atoms with Gasteiger partial charge in [-0.1, -0.05) is 26.7 Å². The average molecular weight is 275 g/mol. The quantitative estimate of drug-likeness (QED) is 0.750. The fraction of sp³-hybridized carbons (Fsp3) is 0.706. The Morgan fingerprint density at radius 1 is 1.30 bits per heavy atom. The molecule has 1 fully saturated rings. The molecule has 1 heterocycles. The number of rotatable bonds is 7. The summed E-state index contributed by atoms with van der Waals surface area (Å²) in [4.78, 5) is 4.35. The van der Waals surface area contributed by atoms with Gasteiger partial charge < -0.3 is 11.1 Å². The third-order valence-corrected chi connectivity index (χ3v) is 4.41. The van der Waals surface area contributed by atoms with Crippen molar-refractivity contribution in [3.05, 3.63) is 24.0 Å². The molecule has 112 valence electrons. The number of hydrogen-bond acceptors (Lipinski definition) is 3. The summed E-state index contributed by atoms with van der Waals surface area (Å²) in [5.74, 6) is 0.800. The molecule has 0 aliphatic heterocycles. The minimum Gasteiger partial charge on any atom is -0.397 e. The molecule has 3 nitrogen and oxygen atoms in total. The van der Waals surface area contributed by atoms with Crippen molar-refractivity contribution in [1.29, 1.82) is 0 Å². The van der Waals surface area contributed by atoms with Crippen molar-refractivity contribution < 1.29 is 0 Å². The van der Waals surface area contributed by atoms with Crippen LogP contribution in [0.2, 0.25) is 0 Å². The second-order valence-electron chi connectivity index (χ2n) is 6.81. The molecule has 20 heavy (non-hydrogen) atoms. The molecule has 0 amide bonds. The third-order valence-electron chi connectivity index (χ3n) is 4.41. The first-order valence-corrected chi connectivity index (χ1v) is 8.01. The Morgan fingerprint density at radius 2 is 2.05 bits per heavy atom. The molecule has 0 spiro atoms. The molecule has 1 aliphatic rings. The maximum Gasteiger partial charge on any atom is 0.0501 e. The minimum absolute atomic E-state index is 0.558. The summed E-state index contributed by atoms with van der Waals surface area (Å²) in [6.07, 6.45) is 9.71. The standard InChI is InChI=1S/C17H29N3/c1-14(2)11-17(8-3-4-9-17)13-19-10-7-16-6-5-15(18)12-20-16/h5-6,12,14,19H,3-4,7-11,13,18H2,1-2H3. The fourth-order valence-electron chi connectivity index (χ4n) is 3.60. The molecule has 0 unspecified atom stereocenters. The molecule has 2 rings (SSSR count). The SMILES string of the molecule is CC(C)CC1(CNCCc2ccc(N)cn2)CCCC1. The van der Waals surface area contributed by atoms with Crippen LogP contribution in [0.15, 0.2) is 18.3 Å². The highest BCUT2D eigenvalue weighted by Gasteiger charge is 2.33. The molecule has 0 bridgehead atoms. The highest BCUT2D eigenvalue weighted by atomic mass is 14.9. The number of aromatic nitrogens is 1. The number of pyridine rings is 1. The Balaban J connectivity index is 1.74. The van der Waals surface area contributed by atoms with Gasteiger partial charge in [0.2, 0.25) is 0 Å². The van der Waals surface area contributed by atoms with E-state index in [0.29, 0.717) is 5.41 Å². The summed E-state index contributed by atoms with van der Waals surface area (Å²) in [5.41, 5.74) is 8.07. The monoisotopic (exact) mass is 275 g/mol. The number of hydrogen-bond donors (Lipinski definition) is 2. The van der Waals surface area contributed by atoms with E-state index in [-0.39, 0.29) is 0 Å². The van der Waals surface area contributed by atoms with Gasteiger partial charge in [0.15, 0.2) is 0 Å². The smallest absolute Gasteiger partial charge is 0.0501 e. The van der Waals surface area contributed by atoms with Crippen molar-refractivity contribution in [3.8, 4) is 0 Å². The highest BCUT2D eigenvalue weighted by Crippen LogP contribution is 2.42. The molecular formula is C17H29N3. The molecule has 1 aromatic heterocycles. The predicted octanol–water partition coefficient (Wildman–Crippen LogP) is 3.40. The van der Waals surface area contributed by atoms with Gasteiger partial charge in [0.1, 0.15) is 0 Å². The molecule has 1 saturated carbocycles. The maximum atomic E-state index is 5.65. The average Bonchev–Trinajstić information content (AvgIpc) is 2.85. The Hall–Kier alpha value is -1.09. The van der Waals surface area contributed by atoms with Gasteiger partial charge in [-0.25, -0.2) is 0 Å². The Bertz CT molecular complexity index is 391. The van der Waals surface area contributed by atoms with Gasteiger partial charge in [0.05, 0.1) is 11.9 Å². The molecule has 0 saturated heterocycles. The summed E-state index contributed by atoms with van der Waals surface area (Å²) in [7, 11) is 0. The van der Waals surface area contributed by atoms with E-state index in [1.807, 2.05) is 12.1 Å². The van der Waals surface area contributed by atoms with Gasteiger partial charge in [-0.3, -0.25) is 4.98 Å². The van der Waals surface area contributed by atoms with Gasteiger partial charge in [0.25, 0.3) is 0 Å². The van der Waals surface area contributed by atoms with Crippen molar-refractivity contribution in [2.24, 2.45) is 11.3 Å². The van der Waals surface area contributed by atoms with Gasteiger partial charge in [-0.2, -0.15) is 0 Å². The van der Waals surface area contributed by atoms with Crippen molar-refractivity contribution >= 4 is 5.69 Å². The Morgan fingerprint density at radius 3 is 2.65 bits per heavy atom. The zero-order chi connectivity index (χ0) is 14.4. The van der Waals surface area contributed by atoms with E-state index < -0.39 is 0 Å². The molecule has 1 aromatic rings. The molecule has 0 aromatic carbocycles. The van der Waals surface area contributed by atoms with E-state index in [0.717, 1.165) is 30.3 Å². The van der Waals surface area contributed by atoms with E-state index in [4.69, 9.17) is 5.73 Å². The van der Waals surface area contributed by atoms with E-state index in [1.165, 1.54) is 38.6 Å². The van der Waals surface area contributed by atoms with E-state index in [9.17, 15) is 0 Å². The summed E-state index contributed by atoms with van der Waals surface area (Å²) < 4.78 is 0. The summed E-state index contributed by atoms with van der Waals surface area (Å²) >= 11 is 0. The first-order chi connectivity index (χ1) is 9.60.